The lowest BCUT2D eigenvalue weighted by molar-refractivity contribution is 0.0544. The molecule has 5 heteroatoms. The van der Waals surface area contributed by atoms with Gasteiger partial charge >= 0.3 is 6.09 Å². The van der Waals surface area contributed by atoms with Crippen LogP contribution in [0.4, 0.5) is 4.79 Å². The average Bonchev–Trinajstić information content (AvgIpc) is 2.80. The first-order valence-corrected chi connectivity index (χ1v) is 6.95. The van der Waals surface area contributed by atoms with Gasteiger partial charge in [-0.2, -0.15) is 0 Å². The highest BCUT2D eigenvalue weighted by Crippen LogP contribution is 2.31. The van der Waals surface area contributed by atoms with Crippen LogP contribution in [0.15, 0.2) is 18.3 Å². The molecule has 22 heavy (non-hydrogen) atoms. The summed E-state index contributed by atoms with van der Waals surface area (Å²) >= 11 is 0. The topological polar surface area (TPSA) is 57.5 Å². The van der Waals surface area contributed by atoms with Gasteiger partial charge in [-0.05, 0) is 52.3 Å². The maximum atomic E-state index is 12.4. The monoisotopic (exact) mass is 305 g/mol. The molecule has 0 unspecified atom stereocenters. The van der Waals surface area contributed by atoms with Crippen molar-refractivity contribution in [2.75, 3.05) is 6.56 Å². The van der Waals surface area contributed by atoms with E-state index < -0.39 is 18.3 Å². The maximum Gasteiger partial charge on any atom is 0.419 e. The molecule has 0 radical (unpaired) electrons. The van der Waals surface area contributed by atoms with Crippen LogP contribution < -0.4 is 4.74 Å². The Balaban J connectivity index is 2.61. The Morgan fingerprint density at radius 3 is 2.68 bits per heavy atom. The molecule has 0 spiro atoms. The van der Waals surface area contributed by atoms with Crippen molar-refractivity contribution < 1.29 is 21.8 Å². The van der Waals surface area contributed by atoms with E-state index in [1.54, 1.807) is 39.8 Å². The summed E-state index contributed by atoms with van der Waals surface area (Å²) in [6.45, 7) is 6.41. The molecule has 118 valence electrons. The molecule has 0 amide bonds. The van der Waals surface area contributed by atoms with E-state index in [0.29, 0.717) is 22.8 Å². The number of fused-ring (bicyclic) bond motifs is 1. The third-order valence-corrected chi connectivity index (χ3v) is 3.08. The van der Waals surface area contributed by atoms with Crippen LogP contribution in [-0.4, -0.2) is 29.1 Å². The van der Waals surface area contributed by atoms with E-state index in [1.165, 1.54) is 17.7 Å². The molecule has 5 nitrogen and oxygen atoms in total. The van der Waals surface area contributed by atoms with Gasteiger partial charge in [-0.1, -0.05) is 0 Å². The zero-order valence-electron chi connectivity index (χ0n) is 15.4. The predicted octanol–water partition coefficient (Wildman–Crippen LogP) is 3.94. The lowest BCUT2D eigenvalue weighted by atomic mass is 10.1. The van der Waals surface area contributed by atoms with E-state index in [1.807, 2.05) is 0 Å². The number of ether oxygens (including phenoxy) is 2. The number of aromatic nitrogens is 1. The number of nitrogens with zero attached hydrogens (tertiary/aromatic N) is 1. The van der Waals surface area contributed by atoms with Crippen LogP contribution in [0.5, 0.6) is 5.75 Å². The molecule has 2 aromatic rings. The summed E-state index contributed by atoms with van der Waals surface area (Å²) < 4.78 is 27.0. The Morgan fingerprint density at radius 1 is 1.45 bits per heavy atom. The standard InChI is InChI=1S/C17H21NO4/c1-6-21-14-9-11(2)15-12(13(14)10-19)7-8-18(15)16(20)22-17(3,4)5/h7-10H,6H2,1-5H3/i6D2. The molecular formula is C17H21NO4. The second-order valence-electron chi connectivity index (χ2n) is 5.96. The number of aldehydes is 1. The molecule has 0 saturated heterocycles. The molecule has 0 aliphatic carbocycles. The molecule has 1 aromatic heterocycles. The van der Waals surface area contributed by atoms with Crippen molar-refractivity contribution in [2.24, 2.45) is 0 Å². The van der Waals surface area contributed by atoms with Gasteiger partial charge in [0.25, 0.3) is 0 Å². The first-order valence-electron chi connectivity index (χ1n) is 7.95. The average molecular weight is 305 g/mol. The second-order valence-corrected chi connectivity index (χ2v) is 5.96. The molecule has 0 aliphatic rings. The fourth-order valence-corrected chi connectivity index (χ4v) is 2.31. The third-order valence-electron chi connectivity index (χ3n) is 3.08. The van der Waals surface area contributed by atoms with Crippen molar-refractivity contribution in [3.63, 3.8) is 0 Å². The minimum Gasteiger partial charge on any atom is -0.493 e. The Morgan fingerprint density at radius 2 is 2.14 bits per heavy atom. The van der Waals surface area contributed by atoms with E-state index in [-0.39, 0.29) is 11.3 Å². The number of aryl methyl sites for hydroxylation is 1. The summed E-state index contributed by atoms with van der Waals surface area (Å²) in [4.78, 5) is 23.9. The van der Waals surface area contributed by atoms with Crippen molar-refractivity contribution in [2.45, 2.75) is 40.2 Å². The molecule has 1 aromatic carbocycles. The van der Waals surface area contributed by atoms with Crippen molar-refractivity contribution in [1.29, 1.82) is 0 Å². The van der Waals surface area contributed by atoms with Crippen LogP contribution in [0, 0.1) is 6.92 Å². The molecule has 0 bridgehead atoms. The van der Waals surface area contributed by atoms with Crippen LogP contribution in [-0.2, 0) is 4.74 Å². The summed E-state index contributed by atoms with van der Waals surface area (Å²) in [5, 5.41) is 0.509. The molecule has 0 aliphatic heterocycles. The molecule has 2 rings (SSSR count). The lowest BCUT2D eigenvalue weighted by Gasteiger charge is -2.20. The van der Waals surface area contributed by atoms with Crippen LogP contribution >= 0.6 is 0 Å². The van der Waals surface area contributed by atoms with E-state index >= 15 is 0 Å². The van der Waals surface area contributed by atoms with Crippen LogP contribution in [0.25, 0.3) is 10.9 Å². The molecule has 0 N–H and O–H groups in total. The fraction of sp³-hybridized carbons (Fsp3) is 0.412. The molecular weight excluding hydrogens is 282 g/mol. The smallest absolute Gasteiger partial charge is 0.419 e. The molecule has 1 heterocycles. The van der Waals surface area contributed by atoms with Gasteiger partial charge in [0, 0.05) is 11.6 Å². The quantitative estimate of drug-likeness (QED) is 0.806. The largest absolute Gasteiger partial charge is 0.493 e. The van der Waals surface area contributed by atoms with Gasteiger partial charge in [0.1, 0.15) is 11.4 Å². The van der Waals surface area contributed by atoms with Gasteiger partial charge in [-0.3, -0.25) is 9.36 Å². The summed E-state index contributed by atoms with van der Waals surface area (Å²) in [6.07, 6.45) is 1.59. The minimum atomic E-state index is -1.92. The molecule has 0 fully saturated rings. The molecule has 0 atom stereocenters. The van der Waals surface area contributed by atoms with Crippen LogP contribution in [0.3, 0.4) is 0 Å². The Kier molecular flexibility index (Phi) is 3.54. The van der Waals surface area contributed by atoms with Gasteiger partial charge in [-0.15, -0.1) is 0 Å². The summed E-state index contributed by atoms with van der Waals surface area (Å²) in [5.41, 5.74) is 0.765. The summed E-state index contributed by atoms with van der Waals surface area (Å²) in [6, 6.07) is 3.17. The normalized spacial score (nSPS) is 13.5. The van der Waals surface area contributed by atoms with Crippen molar-refractivity contribution in [1.82, 2.24) is 4.57 Å². The first kappa shape index (κ1) is 13.4. The van der Waals surface area contributed by atoms with Gasteiger partial charge in [-0.25, -0.2) is 4.79 Å². The first-order chi connectivity index (χ1) is 10.9. The number of carbonyl (C=O) groups is 2. The van der Waals surface area contributed by atoms with Gasteiger partial charge in [0.15, 0.2) is 6.29 Å². The number of carbonyl (C=O) groups excluding carboxylic acids is 2. The van der Waals surface area contributed by atoms with Crippen LogP contribution in [0.1, 0.15) is 46.4 Å². The minimum absolute atomic E-state index is 0.143. The number of hydrogen-bond acceptors (Lipinski definition) is 4. The summed E-state index contributed by atoms with van der Waals surface area (Å²) in [5.74, 6) is 0.143. The predicted molar refractivity (Wildman–Crippen MR) is 84.9 cm³/mol. The highest BCUT2D eigenvalue weighted by molar-refractivity contribution is 6.03. The Hall–Kier alpha value is -2.30. The van der Waals surface area contributed by atoms with Crippen molar-refractivity contribution >= 4 is 23.3 Å². The zero-order chi connectivity index (χ0) is 18.3. The van der Waals surface area contributed by atoms with E-state index in [4.69, 9.17) is 12.2 Å². The zero-order valence-corrected chi connectivity index (χ0v) is 13.4. The summed E-state index contributed by atoms with van der Waals surface area (Å²) in [7, 11) is 0. The van der Waals surface area contributed by atoms with E-state index in [9.17, 15) is 9.59 Å². The second kappa shape index (κ2) is 5.83. The van der Waals surface area contributed by atoms with Crippen LogP contribution in [0.2, 0.25) is 0 Å². The maximum absolute atomic E-state index is 12.4. The van der Waals surface area contributed by atoms with Gasteiger partial charge < -0.3 is 9.47 Å². The highest BCUT2D eigenvalue weighted by Gasteiger charge is 2.21. The Labute approximate surface area is 132 Å². The fourth-order valence-electron chi connectivity index (χ4n) is 2.31. The number of benzene rings is 1. The van der Waals surface area contributed by atoms with Crippen molar-refractivity contribution in [3.05, 3.63) is 29.5 Å². The SMILES string of the molecule is [2H]C([2H])(C)Oc1cc(C)c2c(ccn2C(=O)OC(C)(C)C)c1C=O. The van der Waals surface area contributed by atoms with Crippen molar-refractivity contribution in [3.8, 4) is 5.75 Å². The Bertz CT molecular complexity index is 797. The van der Waals surface area contributed by atoms with Gasteiger partial charge in [0.05, 0.1) is 20.4 Å². The van der Waals surface area contributed by atoms with Gasteiger partial charge in [0.2, 0.25) is 0 Å². The third kappa shape index (κ3) is 2.98. The number of hydrogen-bond donors (Lipinski definition) is 0. The number of rotatable bonds is 3. The van der Waals surface area contributed by atoms with E-state index in [0.717, 1.165) is 0 Å². The molecule has 0 saturated carbocycles. The lowest BCUT2D eigenvalue weighted by Crippen LogP contribution is -2.26. The highest BCUT2D eigenvalue weighted by atomic mass is 16.6. The van der Waals surface area contributed by atoms with E-state index in [2.05, 4.69) is 0 Å².